The first kappa shape index (κ1) is 33.5. The summed E-state index contributed by atoms with van der Waals surface area (Å²) < 4.78 is 25.5. The fourth-order valence-corrected chi connectivity index (χ4v) is 10.0. The zero-order valence-electron chi connectivity index (χ0n) is 26.3. The van der Waals surface area contributed by atoms with E-state index < -0.39 is 26.7 Å². The number of hydrogen-bond donors (Lipinski definition) is 0. The van der Waals surface area contributed by atoms with Crippen LogP contribution in [-0.2, 0) is 30.0 Å². The standard InChI is InChI=1S/C36H48O5Si/c1-8-18-28(2)34(41-35(40-30(4)37)29(3)38-27-31-19-12-9-13-20-31)25-26-39-42(36(5,6)7,32-21-14-10-15-22-32)33-23-16-11-17-24-33/h8-24,28-29,34-35H,25-27H2,1-7H3/b18-8+/t28-,29+,34-,35+/m1/s1. The number of carbonyl (C=O) groups excluding carboxylic acids is 1. The Morgan fingerprint density at radius 2 is 1.38 bits per heavy atom. The van der Waals surface area contributed by atoms with Gasteiger partial charge in [-0.3, -0.25) is 4.79 Å². The molecule has 3 aromatic rings. The summed E-state index contributed by atoms with van der Waals surface area (Å²) in [5, 5.41) is 2.35. The molecule has 0 fully saturated rings. The predicted molar refractivity (Wildman–Crippen MR) is 173 cm³/mol. The molecule has 0 bridgehead atoms. The molecule has 0 aliphatic heterocycles. The van der Waals surface area contributed by atoms with Crippen LogP contribution in [0.15, 0.2) is 103 Å². The largest absolute Gasteiger partial charge is 0.433 e. The molecule has 0 saturated heterocycles. The Labute approximate surface area is 254 Å². The SMILES string of the molecule is C/C=C/[C@@H](C)[C@@H](CCO[Si](c1ccccc1)(c1ccccc1)C(C)(C)C)O[C@H](OC(C)=O)[C@H](C)OCc1ccccc1. The number of allylic oxidation sites excluding steroid dienone is 1. The molecule has 6 heteroatoms. The van der Waals surface area contributed by atoms with Crippen molar-refractivity contribution in [3.63, 3.8) is 0 Å². The average Bonchev–Trinajstić information content (AvgIpc) is 2.97. The molecule has 0 heterocycles. The summed E-state index contributed by atoms with van der Waals surface area (Å²) in [6, 6.07) is 31.2. The lowest BCUT2D eigenvalue weighted by Crippen LogP contribution is -2.66. The van der Waals surface area contributed by atoms with E-state index in [4.69, 9.17) is 18.6 Å². The van der Waals surface area contributed by atoms with Crippen molar-refractivity contribution in [1.82, 2.24) is 0 Å². The summed E-state index contributed by atoms with van der Waals surface area (Å²) in [4.78, 5) is 12.1. The molecule has 4 atom stereocenters. The van der Waals surface area contributed by atoms with Gasteiger partial charge in [0, 0.05) is 19.4 Å². The Bertz CT molecular complexity index is 1180. The fourth-order valence-electron chi connectivity index (χ4n) is 5.42. The van der Waals surface area contributed by atoms with Crippen molar-refractivity contribution in [3.05, 3.63) is 109 Å². The topological polar surface area (TPSA) is 54.0 Å². The minimum absolute atomic E-state index is 0.0668. The molecule has 0 aromatic heterocycles. The van der Waals surface area contributed by atoms with Gasteiger partial charge in [-0.15, -0.1) is 0 Å². The lowest BCUT2D eigenvalue weighted by atomic mass is 10.0. The van der Waals surface area contributed by atoms with Gasteiger partial charge in [-0.1, -0.05) is 131 Å². The number of benzene rings is 3. The van der Waals surface area contributed by atoms with Gasteiger partial charge in [0.15, 0.2) is 0 Å². The molecule has 0 amide bonds. The highest BCUT2D eigenvalue weighted by Gasteiger charge is 2.50. The fraction of sp³-hybridized carbons (Fsp3) is 0.417. The molecule has 0 aliphatic carbocycles. The van der Waals surface area contributed by atoms with Gasteiger partial charge in [0.2, 0.25) is 6.29 Å². The van der Waals surface area contributed by atoms with Gasteiger partial charge in [-0.25, -0.2) is 0 Å². The van der Waals surface area contributed by atoms with Crippen molar-refractivity contribution in [1.29, 1.82) is 0 Å². The third-order valence-corrected chi connectivity index (χ3v) is 12.6. The number of rotatable bonds is 15. The van der Waals surface area contributed by atoms with Crippen LogP contribution in [0, 0.1) is 5.92 Å². The molecule has 0 unspecified atom stereocenters. The lowest BCUT2D eigenvalue weighted by molar-refractivity contribution is -0.227. The Hall–Kier alpha value is -3.03. The van der Waals surface area contributed by atoms with E-state index in [9.17, 15) is 4.79 Å². The average molecular weight is 589 g/mol. The van der Waals surface area contributed by atoms with Crippen LogP contribution in [0.1, 0.15) is 60.5 Å². The summed E-state index contributed by atoms with van der Waals surface area (Å²) in [5.41, 5.74) is 1.04. The number of hydrogen-bond acceptors (Lipinski definition) is 5. The monoisotopic (exact) mass is 588 g/mol. The van der Waals surface area contributed by atoms with Crippen LogP contribution >= 0.6 is 0 Å². The van der Waals surface area contributed by atoms with Gasteiger partial charge in [-0.2, -0.15) is 0 Å². The maximum absolute atomic E-state index is 12.1. The number of esters is 1. The summed E-state index contributed by atoms with van der Waals surface area (Å²) in [7, 11) is -2.69. The van der Waals surface area contributed by atoms with E-state index in [0.717, 1.165) is 5.56 Å². The van der Waals surface area contributed by atoms with E-state index in [-0.39, 0.29) is 17.1 Å². The van der Waals surface area contributed by atoms with E-state index in [2.05, 4.69) is 94.4 Å². The third kappa shape index (κ3) is 8.98. The minimum atomic E-state index is -2.69. The van der Waals surface area contributed by atoms with Crippen molar-refractivity contribution >= 4 is 24.7 Å². The highest BCUT2D eigenvalue weighted by Crippen LogP contribution is 2.37. The Balaban J connectivity index is 1.85. The maximum Gasteiger partial charge on any atom is 0.305 e. The highest BCUT2D eigenvalue weighted by atomic mass is 28.4. The molecule has 226 valence electrons. The molecule has 0 N–H and O–H groups in total. The van der Waals surface area contributed by atoms with Crippen LogP contribution in [0.2, 0.25) is 5.04 Å². The van der Waals surface area contributed by atoms with E-state index in [0.29, 0.717) is 19.6 Å². The van der Waals surface area contributed by atoms with Gasteiger partial charge in [0.25, 0.3) is 8.32 Å². The molecule has 3 rings (SSSR count). The Morgan fingerprint density at radius 3 is 1.86 bits per heavy atom. The Kier molecular flexibility index (Phi) is 12.7. The smallest absolute Gasteiger partial charge is 0.305 e. The molecule has 0 aliphatic rings. The van der Waals surface area contributed by atoms with Crippen LogP contribution in [0.5, 0.6) is 0 Å². The molecule has 5 nitrogen and oxygen atoms in total. The molecule has 0 saturated carbocycles. The van der Waals surface area contributed by atoms with Gasteiger partial charge in [0.05, 0.1) is 12.7 Å². The lowest BCUT2D eigenvalue weighted by Gasteiger charge is -2.43. The summed E-state index contributed by atoms with van der Waals surface area (Å²) in [6.07, 6.45) is 3.20. The molecule has 0 radical (unpaired) electrons. The van der Waals surface area contributed by atoms with Crippen LogP contribution in [0.25, 0.3) is 0 Å². The summed E-state index contributed by atoms with van der Waals surface area (Å²) >= 11 is 0. The summed E-state index contributed by atoms with van der Waals surface area (Å²) in [5.74, 6) is -0.340. The van der Waals surface area contributed by atoms with Crippen LogP contribution < -0.4 is 10.4 Å². The van der Waals surface area contributed by atoms with Gasteiger partial charge in [-0.05, 0) is 41.2 Å². The molecule has 0 spiro atoms. The molecule has 3 aromatic carbocycles. The van der Waals surface area contributed by atoms with E-state index in [1.807, 2.05) is 50.3 Å². The van der Waals surface area contributed by atoms with E-state index in [1.54, 1.807) is 0 Å². The van der Waals surface area contributed by atoms with Crippen molar-refractivity contribution in [3.8, 4) is 0 Å². The first-order valence-electron chi connectivity index (χ1n) is 14.9. The van der Waals surface area contributed by atoms with Crippen molar-refractivity contribution in [2.24, 2.45) is 5.92 Å². The molecular formula is C36H48O5Si. The van der Waals surface area contributed by atoms with Crippen LogP contribution in [-0.4, -0.2) is 39.4 Å². The Morgan fingerprint density at radius 1 is 0.857 bits per heavy atom. The zero-order valence-corrected chi connectivity index (χ0v) is 27.3. The summed E-state index contributed by atoms with van der Waals surface area (Å²) in [6.45, 7) is 15.1. The normalized spacial score (nSPS) is 15.2. The zero-order chi connectivity index (χ0) is 30.6. The number of carbonyl (C=O) groups is 1. The molecule has 42 heavy (non-hydrogen) atoms. The predicted octanol–water partition coefficient (Wildman–Crippen LogP) is 7.05. The van der Waals surface area contributed by atoms with Crippen molar-refractivity contribution < 1.29 is 23.4 Å². The second kappa shape index (κ2) is 16.0. The highest BCUT2D eigenvalue weighted by molar-refractivity contribution is 6.99. The van der Waals surface area contributed by atoms with E-state index >= 15 is 0 Å². The second-order valence-electron chi connectivity index (χ2n) is 11.8. The van der Waals surface area contributed by atoms with Gasteiger partial charge < -0.3 is 18.6 Å². The quantitative estimate of drug-likeness (QED) is 0.0825. The minimum Gasteiger partial charge on any atom is -0.433 e. The van der Waals surface area contributed by atoms with Gasteiger partial charge >= 0.3 is 5.97 Å². The van der Waals surface area contributed by atoms with Crippen molar-refractivity contribution in [2.45, 2.75) is 85.0 Å². The first-order valence-corrected chi connectivity index (χ1v) is 16.9. The second-order valence-corrected chi connectivity index (χ2v) is 16.1. The van der Waals surface area contributed by atoms with Crippen LogP contribution in [0.4, 0.5) is 0 Å². The van der Waals surface area contributed by atoms with Crippen molar-refractivity contribution in [2.75, 3.05) is 6.61 Å². The maximum atomic E-state index is 12.1. The first-order chi connectivity index (χ1) is 20.1. The third-order valence-electron chi connectivity index (χ3n) is 7.55. The van der Waals surface area contributed by atoms with Gasteiger partial charge in [0.1, 0.15) is 6.10 Å². The number of ether oxygens (including phenoxy) is 3. The molecular weight excluding hydrogens is 540 g/mol. The van der Waals surface area contributed by atoms with Crippen LogP contribution in [0.3, 0.4) is 0 Å². The van der Waals surface area contributed by atoms with E-state index in [1.165, 1.54) is 17.3 Å².